The second-order valence-corrected chi connectivity index (χ2v) is 3.71. The Morgan fingerprint density at radius 3 is 2.60 bits per heavy atom. The minimum Gasteiger partial charge on any atom is -0.477 e. The molecule has 0 saturated carbocycles. The topological polar surface area (TPSA) is 106 Å². The van der Waals surface area contributed by atoms with Crippen molar-refractivity contribution in [2.75, 3.05) is 5.73 Å². The van der Waals surface area contributed by atoms with Crippen molar-refractivity contribution in [2.24, 2.45) is 0 Å². The molecule has 0 bridgehead atoms. The maximum Gasteiger partial charge on any atom is 0.342 e. The molecule has 0 aliphatic rings. The summed E-state index contributed by atoms with van der Waals surface area (Å²) in [7, 11) is 0. The van der Waals surface area contributed by atoms with E-state index in [0.717, 1.165) is 0 Å². The number of hydrogen-bond donors (Lipinski definition) is 2. The molecule has 80 valence electrons. The fourth-order valence-corrected chi connectivity index (χ4v) is 1.56. The molecule has 0 aromatic heterocycles. The summed E-state index contributed by atoms with van der Waals surface area (Å²) in [5.41, 5.74) is 4.82. The van der Waals surface area contributed by atoms with E-state index in [1.54, 1.807) is 6.92 Å². The largest absolute Gasteiger partial charge is 0.477 e. The number of rotatable bonds is 2. The fraction of sp³-hybridized carbons (Fsp3) is 0.125. The maximum atomic E-state index is 10.8. The summed E-state index contributed by atoms with van der Waals surface area (Å²) in [5.74, 6) is -1.38. The van der Waals surface area contributed by atoms with Crippen LogP contribution in [-0.4, -0.2) is 16.0 Å². The quantitative estimate of drug-likeness (QED) is 0.487. The Morgan fingerprint density at radius 1 is 1.67 bits per heavy atom. The van der Waals surface area contributed by atoms with Gasteiger partial charge in [-0.1, -0.05) is 15.9 Å². The van der Waals surface area contributed by atoms with Gasteiger partial charge >= 0.3 is 11.7 Å². The Labute approximate surface area is 93.0 Å². The van der Waals surface area contributed by atoms with Crippen LogP contribution in [0.5, 0.6) is 0 Å². The monoisotopic (exact) mass is 274 g/mol. The van der Waals surface area contributed by atoms with E-state index in [-0.39, 0.29) is 5.69 Å². The van der Waals surface area contributed by atoms with Gasteiger partial charge in [0.25, 0.3) is 0 Å². The number of halogens is 1. The van der Waals surface area contributed by atoms with Crippen molar-refractivity contribution in [1.82, 2.24) is 0 Å². The maximum absolute atomic E-state index is 10.8. The van der Waals surface area contributed by atoms with Gasteiger partial charge in [0, 0.05) is 4.47 Å². The number of benzene rings is 1. The number of nitro benzene ring substituents is 1. The van der Waals surface area contributed by atoms with Gasteiger partial charge in [0.2, 0.25) is 0 Å². The molecule has 7 heteroatoms. The van der Waals surface area contributed by atoms with Crippen LogP contribution in [0.2, 0.25) is 0 Å². The predicted molar refractivity (Wildman–Crippen MR) is 56.9 cm³/mol. The minimum absolute atomic E-state index is 0.133. The Hall–Kier alpha value is -1.63. The van der Waals surface area contributed by atoms with Gasteiger partial charge in [-0.25, -0.2) is 4.79 Å². The van der Waals surface area contributed by atoms with Crippen molar-refractivity contribution in [2.45, 2.75) is 6.92 Å². The van der Waals surface area contributed by atoms with Crippen molar-refractivity contribution in [3.8, 4) is 0 Å². The fourth-order valence-electron chi connectivity index (χ4n) is 1.11. The third kappa shape index (κ3) is 1.91. The van der Waals surface area contributed by atoms with Crippen molar-refractivity contribution < 1.29 is 14.8 Å². The zero-order valence-corrected chi connectivity index (χ0v) is 9.24. The van der Waals surface area contributed by atoms with E-state index in [9.17, 15) is 14.9 Å². The van der Waals surface area contributed by atoms with Gasteiger partial charge in [0.05, 0.1) is 4.92 Å². The average molecular weight is 275 g/mol. The van der Waals surface area contributed by atoms with Crippen molar-refractivity contribution in [3.05, 3.63) is 31.8 Å². The lowest BCUT2D eigenvalue weighted by Gasteiger charge is -2.06. The number of nitro groups is 1. The number of aromatic carboxylic acids is 1. The molecule has 1 aromatic carbocycles. The van der Waals surface area contributed by atoms with Crippen LogP contribution in [0.25, 0.3) is 0 Å². The van der Waals surface area contributed by atoms with E-state index >= 15 is 0 Å². The van der Waals surface area contributed by atoms with Crippen LogP contribution in [0.4, 0.5) is 11.4 Å². The van der Waals surface area contributed by atoms with Gasteiger partial charge in [-0.2, -0.15) is 0 Å². The molecular formula is C8H7BrN2O4. The molecule has 0 spiro atoms. The molecule has 0 unspecified atom stereocenters. The Bertz CT molecular complexity index is 458. The number of hydrogen-bond acceptors (Lipinski definition) is 4. The first-order valence-corrected chi connectivity index (χ1v) is 4.61. The Balaban J connectivity index is 3.65. The second-order valence-electron chi connectivity index (χ2n) is 2.86. The highest BCUT2D eigenvalue weighted by Gasteiger charge is 2.26. The summed E-state index contributed by atoms with van der Waals surface area (Å²) in [6.45, 7) is 1.57. The Kier molecular flexibility index (Phi) is 2.94. The van der Waals surface area contributed by atoms with Gasteiger partial charge in [0.1, 0.15) is 11.3 Å². The van der Waals surface area contributed by atoms with E-state index in [2.05, 4.69) is 15.9 Å². The van der Waals surface area contributed by atoms with Crippen LogP contribution in [0.15, 0.2) is 10.5 Å². The summed E-state index contributed by atoms with van der Waals surface area (Å²) in [5, 5.41) is 19.4. The molecule has 0 amide bonds. The van der Waals surface area contributed by atoms with Crippen LogP contribution in [-0.2, 0) is 0 Å². The summed E-state index contributed by atoms with van der Waals surface area (Å²) in [6, 6.07) is 1.17. The molecule has 0 atom stereocenters. The van der Waals surface area contributed by atoms with Crippen LogP contribution < -0.4 is 5.73 Å². The molecule has 6 nitrogen and oxygen atoms in total. The first-order chi connectivity index (χ1) is 6.86. The van der Waals surface area contributed by atoms with Gasteiger partial charge in [-0.15, -0.1) is 0 Å². The molecule has 1 rings (SSSR count). The first kappa shape index (κ1) is 11.4. The number of nitrogen functional groups attached to an aromatic ring is 1. The van der Waals surface area contributed by atoms with Gasteiger partial charge in [-0.3, -0.25) is 10.1 Å². The number of carboxylic acids is 1. The average Bonchev–Trinajstić information content (AvgIpc) is 2.12. The number of anilines is 1. The van der Waals surface area contributed by atoms with Crippen LogP contribution >= 0.6 is 15.9 Å². The lowest BCUT2D eigenvalue weighted by molar-refractivity contribution is -0.384. The summed E-state index contributed by atoms with van der Waals surface area (Å²) >= 11 is 3.08. The van der Waals surface area contributed by atoms with E-state index in [4.69, 9.17) is 10.8 Å². The SMILES string of the molecule is Cc1c(Br)cc(C(=O)O)c([N+](=O)[O-])c1N. The molecule has 0 saturated heterocycles. The lowest BCUT2D eigenvalue weighted by atomic mass is 10.1. The summed E-state index contributed by atoms with van der Waals surface area (Å²) in [6.07, 6.45) is 0. The van der Waals surface area contributed by atoms with Crippen molar-refractivity contribution in [1.29, 1.82) is 0 Å². The van der Waals surface area contributed by atoms with Gasteiger partial charge in [-0.05, 0) is 18.6 Å². The van der Waals surface area contributed by atoms with Crippen LogP contribution in [0, 0.1) is 17.0 Å². The van der Waals surface area contributed by atoms with E-state index in [1.165, 1.54) is 6.07 Å². The summed E-state index contributed by atoms with van der Waals surface area (Å²) < 4.78 is 0.433. The van der Waals surface area contributed by atoms with E-state index < -0.39 is 22.1 Å². The zero-order chi connectivity index (χ0) is 11.7. The first-order valence-electron chi connectivity index (χ1n) is 3.82. The molecule has 0 aliphatic heterocycles. The number of carboxylic acid groups (broad SMARTS) is 1. The molecule has 15 heavy (non-hydrogen) atoms. The molecule has 1 aromatic rings. The molecule has 0 aliphatic carbocycles. The molecule has 0 radical (unpaired) electrons. The zero-order valence-electron chi connectivity index (χ0n) is 7.65. The van der Waals surface area contributed by atoms with Crippen molar-refractivity contribution in [3.63, 3.8) is 0 Å². The number of carbonyl (C=O) groups is 1. The van der Waals surface area contributed by atoms with E-state index in [1.807, 2.05) is 0 Å². The highest BCUT2D eigenvalue weighted by molar-refractivity contribution is 9.10. The van der Waals surface area contributed by atoms with Crippen LogP contribution in [0.1, 0.15) is 15.9 Å². The lowest BCUT2D eigenvalue weighted by Crippen LogP contribution is -2.07. The smallest absolute Gasteiger partial charge is 0.342 e. The van der Waals surface area contributed by atoms with Gasteiger partial charge < -0.3 is 10.8 Å². The highest BCUT2D eigenvalue weighted by atomic mass is 79.9. The minimum atomic E-state index is -1.38. The van der Waals surface area contributed by atoms with E-state index in [0.29, 0.717) is 10.0 Å². The third-order valence-electron chi connectivity index (χ3n) is 1.96. The highest BCUT2D eigenvalue weighted by Crippen LogP contribution is 2.34. The second kappa shape index (κ2) is 3.85. The van der Waals surface area contributed by atoms with Gasteiger partial charge in [0.15, 0.2) is 0 Å². The molecular weight excluding hydrogens is 268 g/mol. The molecule has 0 fully saturated rings. The molecule has 3 N–H and O–H groups in total. The number of nitrogens with two attached hydrogens (primary N) is 1. The third-order valence-corrected chi connectivity index (χ3v) is 2.78. The number of nitrogens with zero attached hydrogens (tertiary/aromatic N) is 1. The van der Waals surface area contributed by atoms with Crippen molar-refractivity contribution >= 4 is 33.3 Å². The summed E-state index contributed by atoms with van der Waals surface area (Å²) in [4.78, 5) is 20.6. The normalized spacial score (nSPS) is 10.0. The molecule has 0 heterocycles. The standard InChI is InChI=1S/C8H7BrN2O4/c1-3-5(9)2-4(8(12)13)7(6(3)10)11(14)15/h2H,10H2,1H3,(H,12,13). The van der Waals surface area contributed by atoms with Crippen LogP contribution in [0.3, 0.4) is 0 Å². The Morgan fingerprint density at radius 2 is 2.20 bits per heavy atom. The predicted octanol–water partition coefficient (Wildman–Crippen LogP) is 1.95.